The molecular weight excluding hydrogens is 342 g/mol. The van der Waals surface area contributed by atoms with Crippen molar-refractivity contribution in [1.29, 1.82) is 0 Å². The van der Waals surface area contributed by atoms with E-state index in [1.165, 1.54) is 0 Å². The van der Waals surface area contributed by atoms with Gasteiger partial charge in [-0.25, -0.2) is 4.79 Å². The van der Waals surface area contributed by atoms with Crippen LogP contribution in [0, 0.1) is 0 Å². The van der Waals surface area contributed by atoms with Gasteiger partial charge < -0.3 is 15.5 Å². The third-order valence-corrected chi connectivity index (χ3v) is 3.25. The van der Waals surface area contributed by atoms with E-state index in [9.17, 15) is 19.5 Å². The van der Waals surface area contributed by atoms with Crippen LogP contribution >= 0.6 is 0 Å². The summed E-state index contributed by atoms with van der Waals surface area (Å²) < 4.78 is 0. The Bertz CT molecular complexity index is 615. The largest absolute Gasteiger partial charge is 0.481 e. The van der Waals surface area contributed by atoms with E-state index < -0.39 is 35.5 Å². The lowest BCUT2D eigenvalue weighted by atomic mass is 10.1. The van der Waals surface area contributed by atoms with Gasteiger partial charge in [-0.15, -0.1) is 0 Å². The summed E-state index contributed by atoms with van der Waals surface area (Å²) in [5.41, 5.74) is 2.86. The van der Waals surface area contributed by atoms with Gasteiger partial charge >= 0.3 is 11.9 Å². The molecule has 26 heavy (non-hydrogen) atoms. The molecule has 0 saturated carbocycles. The molecule has 144 valence electrons. The molecule has 9 heteroatoms. The quantitative estimate of drug-likeness (QED) is 0.444. The van der Waals surface area contributed by atoms with E-state index in [0.29, 0.717) is 0 Å². The first-order valence-corrected chi connectivity index (χ1v) is 8.16. The van der Waals surface area contributed by atoms with E-state index in [-0.39, 0.29) is 19.3 Å². The molecule has 0 aromatic carbocycles. The third kappa shape index (κ3) is 8.54. The summed E-state index contributed by atoms with van der Waals surface area (Å²) in [5.74, 6) is -3.03. The Balaban J connectivity index is 2.83. The van der Waals surface area contributed by atoms with E-state index in [0.717, 1.165) is 5.56 Å². The number of aliphatic carboxylic acids is 2. The summed E-state index contributed by atoms with van der Waals surface area (Å²) in [5, 5.41) is 20.3. The minimum Gasteiger partial charge on any atom is -0.481 e. The highest BCUT2D eigenvalue weighted by molar-refractivity contribution is 5.87. The summed E-state index contributed by atoms with van der Waals surface area (Å²) in [6.07, 6.45) is 2.84. The second-order valence-corrected chi connectivity index (χ2v) is 6.78. The topological polar surface area (TPSA) is 138 Å². The van der Waals surface area contributed by atoms with Crippen LogP contribution in [0.3, 0.4) is 0 Å². The van der Waals surface area contributed by atoms with Crippen molar-refractivity contribution in [1.82, 2.24) is 15.8 Å². The molecular formula is C17H25N3O6. The molecule has 1 heterocycles. The lowest BCUT2D eigenvalue weighted by Gasteiger charge is -2.25. The van der Waals surface area contributed by atoms with Gasteiger partial charge in [0, 0.05) is 25.2 Å². The fourth-order valence-electron chi connectivity index (χ4n) is 1.99. The normalized spacial score (nSPS) is 13.7. The Morgan fingerprint density at radius 3 is 2.42 bits per heavy atom. The molecule has 0 aliphatic heterocycles. The molecule has 0 bridgehead atoms. The number of nitrogens with zero attached hydrogens (tertiary/aromatic N) is 1. The molecule has 9 nitrogen and oxygen atoms in total. The van der Waals surface area contributed by atoms with E-state index in [2.05, 4.69) is 15.8 Å². The Kier molecular flexibility index (Phi) is 8.14. The van der Waals surface area contributed by atoms with E-state index in [1.807, 2.05) is 0 Å². The van der Waals surface area contributed by atoms with Gasteiger partial charge in [-0.3, -0.25) is 19.4 Å². The van der Waals surface area contributed by atoms with Crippen molar-refractivity contribution in [3.8, 4) is 0 Å². The SMILES string of the molecule is CC(C)(C)ON[C@@H](Cc1cccnc1)C(=O)N[C@@H](CCC(=O)O)C(=O)O. The van der Waals surface area contributed by atoms with E-state index >= 15 is 0 Å². The molecule has 1 aromatic heterocycles. The minimum atomic E-state index is -1.30. The molecule has 1 amide bonds. The van der Waals surface area contributed by atoms with Gasteiger partial charge in [0.25, 0.3) is 0 Å². The molecule has 0 unspecified atom stereocenters. The zero-order chi connectivity index (χ0) is 19.7. The summed E-state index contributed by atoms with van der Waals surface area (Å²) in [7, 11) is 0. The zero-order valence-electron chi connectivity index (χ0n) is 15.1. The van der Waals surface area contributed by atoms with E-state index in [1.54, 1.807) is 45.3 Å². The minimum absolute atomic E-state index is 0.212. The first-order valence-electron chi connectivity index (χ1n) is 8.16. The average molecular weight is 367 g/mol. The number of pyridine rings is 1. The number of rotatable bonds is 10. The summed E-state index contributed by atoms with van der Waals surface area (Å²) in [4.78, 5) is 43.9. The van der Waals surface area contributed by atoms with Crippen molar-refractivity contribution >= 4 is 17.8 Å². The van der Waals surface area contributed by atoms with E-state index in [4.69, 9.17) is 9.94 Å². The first-order chi connectivity index (χ1) is 12.1. The van der Waals surface area contributed by atoms with Gasteiger partial charge in [0.2, 0.25) is 5.91 Å². The third-order valence-electron chi connectivity index (χ3n) is 3.25. The number of carboxylic acids is 2. The van der Waals surface area contributed by atoms with Crippen LogP contribution in [0.15, 0.2) is 24.5 Å². The van der Waals surface area contributed by atoms with Gasteiger partial charge in [0.1, 0.15) is 12.1 Å². The number of hydrogen-bond donors (Lipinski definition) is 4. The summed E-state index contributed by atoms with van der Waals surface area (Å²) in [6.45, 7) is 5.39. The number of nitrogens with one attached hydrogen (secondary N) is 2. The van der Waals surface area contributed by atoms with Gasteiger partial charge in [-0.05, 0) is 38.8 Å². The molecule has 2 atom stereocenters. The standard InChI is InChI=1S/C17H25N3O6/c1-17(2,3)26-20-13(9-11-5-4-8-18-10-11)15(23)19-12(16(24)25)6-7-14(21)22/h4-5,8,10,12-13,20H,6-7,9H2,1-3H3,(H,19,23)(H,21,22)(H,24,25)/t12-,13-/m0/s1. The van der Waals surface area contributed by atoms with Crippen LogP contribution in [0.1, 0.15) is 39.2 Å². The second kappa shape index (κ2) is 9.83. The Labute approximate surface area is 151 Å². The molecule has 0 radical (unpaired) electrons. The van der Waals surface area contributed by atoms with Crippen LogP contribution < -0.4 is 10.8 Å². The maximum absolute atomic E-state index is 12.5. The summed E-state index contributed by atoms with van der Waals surface area (Å²) in [6, 6.07) is 1.34. The molecule has 4 N–H and O–H groups in total. The monoisotopic (exact) mass is 367 g/mol. The van der Waals surface area contributed by atoms with Crippen molar-refractivity contribution < 1.29 is 29.4 Å². The molecule has 0 aliphatic carbocycles. The Hall–Kier alpha value is -2.52. The number of carbonyl (C=O) groups excluding carboxylic acids is 1. The lowest BCUT2D eigenvalue weighted by molar-refractivity contribution is -0.145. The lowest BCUT2D eigenvalue weighted by Crippen LogP contribution is -2.52. The smallest absolute Gasteiger partial charge is 0.326 e. The number of hydroxylamine groups is 1. The zero-order valence-corrected chi connectivity index (χ0v) is 15.1. The van der Waals surface area contributed by atoms with Crippen molar-refractivity contribution in [3.63, 3.8) is 0 Å². The van der Waals surface area contributed by atoms with Crippen molar-refractivity contribution in [3.05, 3.63) is 30.1 Å². The van der Waals surface area contributed by atoms with Crippen LogP contribution in [0.25, 0.3) is 0 Å². The van der Waals surface area contributed by atoms with Crippen molar-refractivity contribution in [2.24, 2.45) is 0 Å². The van der Waals surface area contributed by atoms with Gasteiger partial charge in [0.15, 0.2) is 0 Å². The van der Waals surface area contributed by atoms with Crippen LogP contribution in [0.2, 0.25) is 0 Å². The van der Waals surface area contributed by atoms with Gasteiger partial charge in [-0.1, -0.05) is 6.07 Å². The maximum atomic E-state index is 12.5. The Morgan fingerprint density at radius 1 is 1.23 bits per heavy atom. The van der Waals surface area contributed by atoms with Gasteiger partial charge in [0.05, 0.1) is 5.60 Å². The summed E-state index contributed by atoms with van der Waals surface area (Å²) >= 11 is 0. The second-order valence-electron chi connectivity index (χ2n) is 6.78. The fourth-order valence-corrected chi connectivity index (χ4v) is 1.99. The van der Waals surface area contributed by atoms with Crippen LogP contribution in [-0.2, 0) is 25.6 Å². The fraction of sp³-hybridized carbons (Fsp3) is 0.529. The van der Waals surface area contributed by atoms with Crippen LogP contribution in [0.5, 0.6) is 0 Å². The highest BCUT2D eigenvalue weighted by Crippen LogP contribution is 2.08. The van der Waals surface area contributed by atoms with Crippen molar-refractivity contribution in [2.45, 2.75) is 57.7 Å². The Morgan fingerprint density at radius 2 is 1.92 bits per heavy atom. The number of aromatic nitrogens is 1. The molecule has 0 aliphatic rings. The number of amides is 1. The van der Waals surface area contributed by atoms with Crippen molar-refractivity contribution in [2.75, 3.05) is 0 Å². The molecule has 0 saturated heterocycles. The average Bonchev–Trinajstić information content (AvgIpc) is 2.54. The van der Waals surface area contributed by atoms with Gasteiger partial charge in [-0.2, -0.15) is 5.48 Å². The molecule has 0 spiro atoms. The number of hydrogen-bond acceptors (Lipinski definition) is 6. The molecule has 1 aromatic rings. The number of carbonyl (C=O) groups is 3. The predicted octanol–water partition coefficient (Wildman–Crippen LogP) is 0.747. The first kappa shape index (κ1) is 21.5. The highest BCUT2D eigenvalue weighted by Gasteiger charge is 2.27. The number of carboxylic acid groups (broad SMARTS) is 2. The van der Waals surface area contributed by atoms with Crippen LogP contribution in [0.4, 0.5) is 0 Å². The molecule has 0 fully saturated rings. The predicted molar refractivity (Wildman–Crippen MR) is 92.1 cm³/mol. The maximum Gasteiger partial charge on any atom is 0.326 e. The molecule has 1 rings (SSSR count). The van der Waals surface area contributed by atoms with Crippen LogP contribution in [-0.4, -0.2) is 50.7 Å². The highest BCUT2D eigenvalue weighted by atomic mass is 16.7.